The van der Waals surface area contributed by atoms with Gasteiger partial charge in [0.1, 0.15) is 0 Å². The van der Waals surface area contributed by atoms with Crippen LogP contribution in [-0.4, -0.2) is 11.9 Å². The van der Waals surface area contributed by atoms with E-state index in [9.17, 15) is 4.79 Å². The van der Waals surface area contributed by atoms with E-state index in [1.807, 2.05) is 37.3 Å². The molecule has 1 amide bonds. The second-order valence-corrected chi connectivity index (χ2v) is 6.86. The molecular weight excluding hydrogens is 280 g/mol. The average Bonchev–Trinajstić information content (AvgIpc) is 2.78. The van der Waals surface area contributed by atoms with Crippen LogP contribution in [0.2, 0.25) is 0 Å². The van der Waals surface area contributed by atoms with Crippen molar-refractivity contribution in [2.45, 2.75) is 39.3 Å². The van der Waals surface area contributed by atoms with E-state index < -0.39 is 6.04 Å². The van der Waals surface area contributed by atoms with E-state index in [-0.39, 0.29) is 11.9 Å². The minimum absolute atomic E-state index is 0.00993. The summed E-state index contributed by atoms with van der Waals surface area (Å²) in [7, 11) is 0. The van der Waals surface area contributed by atoms with Gasteiger partial charge in [0.2, 0.25) is 5.91 Å². The van der Waals surface area contributed by atoms with Gasteiger partial charge in [-0.15, -0.1) is 11.3 Å². The molecule has 1 heterocycles. The first-order valence-electron chi connectivity index (χ1n) is 7.14. The topological polar surface area (TPSA) is 55.1 Å². The van der Waals surface area contributed by atoms with Gasteiger partial charge in [-0.3, -0.25) is 4.79 Å². The molecule has 0 saturated heterocycles. The lowest BCUT2D eigenvalue weighted by molar-refractivity contribution is -0.123. The molecule has 0 aliphatic rings. The van der Waals surface area contributed by atoms with Gasteiger partial charge in [-0.2, -0.15) is 0 Å². The average molecular weight is 302 g/mol. The lowest BCUT2D eigenvalue weighted by atomic mass is 10.0. The van der Waals surface area contributed by atoms with E-state index in [1.165, 1.54) is 15.3 Å². The monoisotopic (exact) mass is 302 g/mol. The number of amides is 1. The van der Waals surface area contributed by atoms with E-state index in [4.69, 9.17) is 5.73 Å². The fourth-order valence-electron chi connectivity index (χ4n) is 2.44. The van der Waals surface area contributed by atoms with E-state index >= 15 is 0 Å². The summed E-state index contributed by atoms with van der Waals surface area (Å²) in [6, 6.07) is 11.5. The summed E-state index contributed by atoms with van der Waals surface area (Å²) >= 11 is 1.75. The number of nitrogens with two attached hydrogens (primary N) is 1. The third-order valence-corrected chi connectivity index (χ3v) is 4.52. The minimum atomic E-state index is -0.519. The van der Waals surface area contributed by atoms with Crippen molar-refractivity contribution in [1.82, 2.24) is 5.32 Å². The first-order chi connectivity index (χ1) is 9.97. The molecule has 112 valence electrons. The smallest absolute Gasteiger partial charge is 0.237 e. The van der Waals surface area contributed by atoms with Crippen LogP contribution < -0.4 is 11.1 Å². The van der Waals surface area contributed by atoms with Crippen molar-refractivity contribution in [3.05, 3.63) is 57.3 Å². The molecule has 2 aromatic rings. The Labute approximate surface area is 130 Å². The van der Waals surface area contributed by atoms with E-state index in [0.717, 1.165) is 5.56 Å². The second kappa shape index (κ2) is 6.87. The van der Waals surface area contributed by atoms with Crippen molar-refractivity contribution >= 4 is 17.2 Å². The van der Waals surface area contributed by atoms with Crippen LogP contribution in [0.5, 0.6) is 0 Å². The van der Waals surface area contributed by atoms with Gasteiger partial charge in [0.25, 0.3) is 0 Å². The predicted molar refractivity (Wildman–Crippen MR) is 88.5 cm³/mol. The van der Waals surface area contributed by atoms with Crippen molar-refractivity contribution in [2.75, 3.05) is 0 Å². The number of nitrogens with one attached hydrogen (secondary N) is 1. The Kier molecular flexibility index (Phi) is 5.15. The zero-order valence-electron chi connectivity index (χ0n) is 12.7. The lowest BCUT2D eigenvalue weighted by Gasteiger charge is -2.18. The van der Waals surface area contributed by atoms with Crippen LogP contribution >= 0.6 is 11.3 Å². The first-order valence-corrected chi connectivity index (χ1v) is 7.96. The summed E-state index contributed by atoms with van der Waals surface area (Å²) in [6.45, 7) is 6.16. The highest BCUT2D eigenvalue weighted by Crippen LogP contribution is 2.26. The summed E-state index contributed by atoms with van der Waals surface area (Å²) in [5.74, 6) is -0.102. The molecule has 0 aliphatic heterocycles. The molecule has 4 heteroatoms. The van der Waals surface area contributed by atoms with Gasteiger partial charge in [0, 0.05) is 9.75 Å². The second-order valence-electron chi connectivity index (χ2n) is 5.40. The van der Waals surface area contributed by atoms with Crippen LogP contribution in [0.3, 0.4) is 0 Å². The van der Waals surface area contributed by atoms with Gasteiger partial charge in [-0.25, -0.2) is 0 Å². The fourth-order valence-corrected chi connectivity index (χ4v) is 3.46. The van der Waals surface area contributed by atoms with E-state index in [2.05, 4.69) is 25.2 Å². The van der Waals surface area contributed by atoms with Crippen LogP contribution in [0.4, 0.5) is 0 Å². The SMILES string of the molecule is Cc1cc(C(C)NC(=O)[C@@H](N)Cc2ccccc2)c(C)s1. The maximum atomic E-state index is 12.2. The molecule has 3 nitrogen and oxygen atoms in total. The van der Waals surface area contributed by atoms with E-state index in [0.29, 0.717) is 6.42 Å². The summed E-state index contributed by atoms with van der Waals surface area (Å²) in [5.41, 5.74) is 8.27. The molecule has 21 heavy (non-hydrogen) atoms. The van der Waals surface area contributed by atoms with Crippen molar-refractivity contribution < 1.29 is 4.79 Å². The molecule has 2 rings (SSSR count). The van der Waals surface area contributed by atoms with Crippen LogP contribution in [0.25, 0.3) is 0 Å². The Bertz CT molecular complexity index is 607. The molecule has 2 atom stereocenters. The highest BCUT2D eigenvalue weighted by atomic mass is 32.1. The summed E-state index contributed by atoms with van der Waals surface area (Å²) in [4.78, 5) is 14.7. The molecule has 0 radical (unpaired) electrons. The Hall–Kier alpha value is -1.65. The molecule has 0 fully saturated rings. The number of aryl methyl sites for hydroxylation is 2. The summed E-state index contributed by atoms with van der Waals surface area (Å²) < 4.78 is 0. The Morgan fingerprint density at radius 1 is 1.29 bits per heavy atom. The van der Waals surface area contributed by atoms with Crippen LogP contribution in [0.15, 0.2) is 36.4 Å². The number of rotatable bonds is 5. The van der Waals surface area contributed by atoms with Gasteiger partial charge >= 0.3 is 0 Å². The number of carbonyl (C=O) groups excluding carboxylic acids is 1. The highest BCUT2D eigenvalue weighted by Gasteiger charge is 2.18. The third kappa shape index (κ3) is 4.16. The van der Waals surface area contributed by atoms with Gasteiger partial charge in [-0.1, -0.05) is 30.3 Å². The fraction of sp³-hybridized carbons (Fsp3) is 0.353. The molecule has 1 aromatic carbocycles. The molecule has 0 bridgehead atoms. The zero-order chi connectivity index (χ0) is 15.4. The highest BCUT2D eigenvalue weighted by molar-refractivity contribution is 7.12. The molecule has 1 aromatic heterocycles. The number of thiophene rings is 1. The molecule has 0 aliphatic carbocycles. The number of benzene rings is 1. The van der Waals surface area contributed by atoms with Crippen molar-refractivity contribution in [2.24, 2.45) is 5.73 Å². The normalized spacial score (nSPS) is 13.7. The Morgan fingerprint density at radius 3 is 2.52 bits per heavy atom. The number of hydrogen-bond donors (Lipinski definition) is 2. The molecule has 1 unspecified atom stereocenters. The van der Waals surface area contributed by atoms with E-state index in [1.54, 1.807) is 11.3 Å². The molecular formula is C17H22N2OS. The standard InChI is InChI=1S/C17H22N2OS/c1-11-9-15(13(3)21-11)12(2)19-17(20)16(18)10-14-7-5-4-6-8-14/h4-9,12,16H,10,18H2,1-3H3,(H,19,20)/t12?,16-/m0/s1. The quantitative estimate of drug-likeness (QED) is 0.891. The van der Waals surface area contributed by atoms with Crippen LogP contribution in [-0.2, 0) is 11.2 Å². The van der Waals surface area contributed by atoms with Crippen molar-refractivity contribution in [3.63, 3.8) is 0 Å². The molecule has 0 saturated carbocycles. The van der Waals surface area contributed by atoms with Crippen molar-refractivity contribution in [1.29, 1.82) is 0 Å². The van der Waals surface area contributed by atoms with Gasteiger partial charge in [0.05, 0.1) is 12.1 Å². The summed E-state index contributed by atoms with van der Waals surface area (Å²) in [6.07, 6.45) is 0.557. The number of hydrogen-bond acceptors (Lipinski definition) is 3. The van der Waals surface area contributed by atoms with Gasteiger partial charge in [0.15, 0.2) is 0 Å². The molecule has 0 spiro atoms. The van der Waals surface area contributed by atoms with Gasteiger partial charge in [-0.05, 0) is 44.4 Å². The largest absolute Gasteiger partial charge is 0.348 e. The van der Waals surface area contributed by atoms with Crippen LogP contribution in [0.1, 0.15) is 33.8 Å². The maximum Gasteiger partial charge on any atom is 0.237 e. The Morgan fingerprint density at radius 2 is 1.95 bits per heavy atom. The predicted octanol–water partition coefficient (Wildman–Crippen LogP) is 3.11. The maximum absolute atomic E-state index is 12.2. The minimum Gasteiger partial charge on any atom is -0.348 e. The van der Waals surface area contributed by atoms with Crippen LogP contribution in [0, 0.1) is 13.8 Å². The first kappa shape index (κ1) is 15.7. The summed E-state index contributed by atoms with van der Waals surface area (Å²) in [5, 5.41) is 3.01. The molecule has 3 N–H and O–H groups in total. The Balaban J connectivity index is 1.96. The zero-order valence-corrected chi connectivity index (χ0v) is 13.5. The lowest BCUT2D eigenvalue weighted by Crippen LogP contribution is -2.43. The number of carbonyl (C=O) groups is 1. The van der Waals surface area contributed by atoms with Crippen molar-refractivity contribution in [3.8, 4) is 0 Å². The third-order valence-electron chi connectivity index (χ3n) is 3.54. The van der Waals surface area contributed by atoms with Gasteiger partial charge < -0.3 is 11.1 Å².